The van der Waals surface area contributed by atoms with Crippen molar-refractivity contribution < 1.29 is 9.53 Å². The van der Waals surface area contributed by atoms with E-state index >= 15 is 0 Å². The molecular formula is C31H39N5O2. The van der Waals surface area contributed by atoms with Gasteiger partial charge in [-0.25, -0.2) is 9.50 Å². The first-order valence-electron chi connectivity index (χ1n) is 14.1. The molecule has 4 aromatic rings. The summed E-state index contributed by atoms with van der Waals surface area (Å²) in [7, 11) is 0. The van der Waals surface area contributed by atoms with E-state index < -0.39 is 5.60 Å². The van der Waals surface area contributed by atoms with Gasteiger partial charge in [-0.3, -0.25) is 9.69 Å². The fourth-order valence-corrected chi connectivity index (χ4v) is 6.54. The number of pyridine rings is 1. The van der Waals surface area contributed by atoms with Crippen LogP contribution >= 0.6 is 0 Å². The number of aromatic amines is 1. The third kappa shape index (κ3) is 4.62. The van der Waals surface area contributed by atoms with Crippen LogP contribution in [0.15, 0.2) is 30.7 Å². The number of nitrogens with one attached hydrogen (secondary N) is 1. The van der Waals surface area contributed by atoms with Crippen molar-refractivity contribution in [2.24, 2.45) is 0 Å². The smallest absolute Gasteiger partial charge is 0.320 e. The second-order valence-corrected chi connectivity index (χ2v) is 12.4. The molecular weight excluding hydrogens is 474 g/mol. The summed E-state index contributed by atoms with van der Waals surface area (Å²) in [4.78, 5) is 22.9. The van der Waals surface area contributed by atoms with E-state index in [1.165, 1.54) is 50.8 Å². The van der Waals surface area contributed by atoms with Gasteiger partial charge in [0.25, 0.3) is 0 Å². The average Bonchev–Trinajstić information content (AvgIpc) is 3.59. The number of carbonyl (C=O) groups excluding carboxylic acids is 1. The van der Waals surface area contributed by atoms with E-state index in [1.807, 2.05) is 25.3 Å². The highest BCUT2D eigenvalue weighted by atomic mass is 16.6. The van der Waals surface area contributed by atoms with Crippen molar-refractivity contribution in [3.05, 3.63) is 53.0 Å². The Bertz CT molecular complexity index is 1500. The predicted octanol–water partition coefficient (Wildman–Crippen LogP) is 6.01. The third-order valence-electron chi connectivity index (χ3n) is 8.18. The van der Waals surface area contributed by atoms with Crippen LogP contribution in [0.1, 0.15) is 88.0 Å². The van der Waals surface area contributed by atoms with Crippen molar-refractivity contribution in [3.8, 4) is 11.3 Å². The summed E-state index contributed by atoms with van der Waals surface area (Å²) in [6, 6.07) is 6.99. The number of carbonyl (C=O) groups is 1. The summed E-state index contributed by atoms with van der Waals surface area (Å²) < 4.78 is 7.48. The number of fused-ring (bicyclic) bond motifs is 4. The Morgan fingerprint density at radius 1 is 1.16 bits per heavy atom. The van der Waals surface area contributed by atoms with E-state index in [4.69, 9.17) is 4.74 Å². The molecule has 200 valence electrons. The molecule has 0 atom stereocenters. The number of aryl methyl sites for hydroxylation is 1. The number of rotatable bonds is 5. The quantitative estimate of drug-likeness (QED) is 0.331. The number of benzene rings is 1. The van der Waals surface area contributed by atoms with Crippen LogP contribution < -0.4 is 0 Å². The lowest BCUT2D eigenvalue weighted by Crippen LogP contribution is -2.39. The second kappa shape index (κ2) is 9.53. The van der Waals surface area contributed by atoms with Crippen molar-refractivity contribution in [3.63, 3.8) is 0 Å². The molecule has 1 saturated heterocycles. The first-order chi connectivity index (χ1) is 18.2. The molecule has 2 aliphatic rings. The molecule has 7 heteroatoms. The van der Waals surface area contributed by atoms with E-state index in [1.54, 1.807) is 6.33 Å². The fourth-order valence-electron chi connectivity index (χ4n) is 6.54. The first kappa shape index (κ1) is 25.1. The molecule has 0 amide bonds. The van der Waals surface area contributed by atoms with Crippen LogP contribution in [0.4, 0.5) is 0 Å². The van der Waals surface area contributed by atoms with Crippen molar-refractivity contribution in [1.82, 2.24) is 24.5 Å². The van der Waals surface area contributed by atoms with Gasteiger partial charge in [-0.05, 0) is 107 Å². The Labute approximate surface area is 224 Å². The number of aromatic nitrogens is 4. The van der Waals surface area contributed by atoms with Gasteiger partial charge >= 0.3 is 5.97 Å². The van der Waals surface area contributed by atoms with Crippen LogP contribution in [-0.4, -0.2) is 55.7 Å². The third-order valence-corrected chi connectivity index (χ3v) is 8.18. The Morgan fingerprint density at radius 2 is 1.92 bits per heavy atom. The van der Waals surface area contributed by atoms with Crippen LogP contribution in [0.5, 0.6) is 0 Å². The minimum Gasteiger partial charge on any atom is -0.459 e. The predicted molar refractivity (Wildman–Crippen MR) is 151 cm³/mol. The fraction of sp³-hybridized carbons (Fsp3) is 0.516. The maximum absolute atomic E-state index is 12.3. The number of ether oxygens (including phenoxy) is 1. The molecule has 6 rings (SSSR count). The number of nitrogens with zero attached hydrogens (tertiary/aromatic N) is 4. The molecule has 1 aromatic carbocycles. The number of piperidine rings is 1. The summed E-state index contributed by atoms with van der Waals surface area (Å²) in [6.07, 6.45) is 9.27. The molecule has 1 aliphatic heterocycles. The molecule has 38 heavy (non-hydrogen) atoms. The molecule has 1 N–H and O–H groups in total. The standard InChI is InChI=1S/C31H39N5O2/c1-19(2)28-24-15-21(20-11-13-35(14-12-20)17-27(37)38-31(3,4)5)9-10-26(24)34-29(28)25-16-36-30(32-18-33-36)23-8-6-7-22(23)25/h9-10,15-16,18-20,34H,6-8,11-14,17H2,1-5H3. The molecule has 0 unspecified atom stereocenters. The van der Waals surface area contributed by atoms with Gasteiger partial charge in [-0.1, -0.05) is 19.9 Å². The summed E-state index contributed by atoms with van der Waals surface area (Å²) in [5, 5.41) is 5.81. The van der Waals surface area contributed by atoms with Crippen LogP contribution in [0.3, 0.4) is 0 Å². The summed E-state index contributed by atoms with van der Waals surface area (Å²) in [6.45, 7) is 12.6. The van der Waals surface area contributed by atoms with E-state index in [0.29, 0.717) is 18.4 Å². The van der Waals surface area contributed by atoms with Crippen LogP contribution in [-0.2, 0) is 22.4 Å². The SMILES string of the molecule is CC(C)c1c(-c2cn3ncnc3c3c2CCC3)[nH]c2ccc(C3CCN(CC(=O)OC(C)(C)C)CC3)cc12. The Kier molecular flexibility index (Phi) is 6.29. The maximum Gasteiger partial charge on any atom is 0.320 e. The minimum absolute atomic E-state index is 0.130. The average molecular weight is 514 g/mol. The maximum atomic E-state index is 12.3. The van der Waals surface area contributed by atoms with E-state index in [0.717, 1.165) is 44.4 Å². The van der Waals surface area contributed by atoms with Gasteiger partial charge in [0.1, 0.15) is 11.9 Å². The number of hydrogen-bond acceptors (Lipinski definition) is 5. The summed E-state index contributed by atoms with van der Waals surface area (Å²) in [5.74, 6) is 0.755. The normalized spacial score (nSPS) is 17.1. The zero-order chi connectivity index (χ0) is 26.6. The topological polar surface area (TPSA) is 75.5 Å². The lowest BCUT2D eigenvalue weighted by atomic mass is 9.87. The number of H-pyrrole nitrogens is 1. The van der Waals surface area contributed by atoms with Crippen molar-refractivity contribution >= 4 is 22.5 Å². The van der Waals surface area contributed by atoms with Gasteiger partial charge in [0, 0.05) is 28.2 Å². The lowest BCUT2D eigenvalue weighted by molar-refractivity contribution is -0.156. The molecule has 0 radical (unpaired) electrons. The molecule has 7 nitrogen and oxygen atoms in total. The number of likely N-dealkylation sites (tertiary alicyclic amines) is 1. The number of esters is 1. The van der Waals surface area contributed by atoms with Crippen molar-refractivity contribution in [1.29, 1.82) is 0 Å². The van der Waals surface area contributed by atoms with Gasteiger partial charge in [0.15, 0.2) is 5.65 Å². The van der Waals surface area contributed by atoms with Crippen LogP contribution in [0.2, 0.25) is 0 Å². The highest BCUT2D eigenvalue weighted by molar-refractivity contribution is 5.93. The minimum atomic E-state index is -0.435. The largest absolute Gasteiger partial charge is 0.459 e. The monoisotopic (exact) mass is 513 g/mol. The molecule has 0 spiro atoms. The van der Waals surface area contributed by atoms with Gasteiger partial charge < -0.3 is 9.72 Å². The lowest BCUT2D eigenvalue weighted by Gasteiger charge is -2.32. The van der Waals surface area contributed by atoms with Crippen molar-refractivity contribution in [2.75, 3.05) is 19.6 Å². The molecule has 1 aliphatic carbocycles. The summed E-state index contributed by atoms with van der Waals surface area (Å²) in [5.41, 5.74) is 9.83. The van der Waals surface area contributed by atoms with E-state index in [9.17, 15) is 4.79 Å². The molecule has 0 bridgehead atoms. The van der Waals surface area contributed by atoms with Crippen LogP contribution in [0, 0.1) is 0 Å². The van der Waals surface area contributed by atoms with Crippen LogP contribution in [0.25, 0.3) is 27.8 Å². The first-order valence-corrected chi connectivity index (χ1v) is 14.1. The molecule has 1 fully saturated rings. The highest BCUT2D eigenvalue weighted by Gasteiger charge is 2.27. The zero-order valence-electron chi connectivity index (χ0n) is 23.3. The molecule has 4 heterocycles. The number of hydrogen-bond donors (Lipinski definition) is 1. The van der Waals surface area contributed by atoms with Gasteiger partial charge in [0.05, 0.1) is 12.2 Å². The van der Waals surface area contributed by atoms with E-state index in [2.05, 4.69) is 58.2 Å². The Morgan fingerprint density at radius 3 is 2.66 bits per heavy atom. The van der Waals surface area contributed by atoms with Gasteiger partial charge in [0.2, 0.25) is 0 Å². The second-order valence-electron chi connectivity index (χ2n) is 12.4. The highest BCUT2D eigenvalue weighted by Crippen LogP contribution is 2.41. The molecule has 0 saturated carbocycles. The van der Waals surface area contributed by atoms with E-state index in [-0.39, 0.29) is 5.97 Å². The Hall–Kier alpha value is -3.19. The summed E-state index contributed by atoms with van der Waals surface area (Å²) >= 11 is 0. The zero-order valence-corrected chi connectivity index (χ0v) is 23.3. The van der Waals surface area contributed by atoms with Gasteiger partial charge in [-0.15, -0.1) is 0 Å². The Balaban J connectivity index is 1.29. The molecule has 3 aromatic heterocycles. The van der Waals surface area contributed by atoms with Crippen molar-refractivity contribution in [2.45, 2.75) is 84.2 Å². The van der Waals surface area contributed by atoms with Gasteiger partial charge in [-0.2, -0.15) is 5.10 Å².